The van der Waals surface area contributed by atoms with Crippen molar-refractivity contribution in [3.05, 3.63) is 0 Å². The molecule has 1 aliphatic heterocycles. The monoisotopic (exact) mass is 350 g/mol. The number of hydrogen-bond acceptors (Lipinski definition) is 8. The first-order valence-electron chi connectivity index (χ1n) is 7.82. The molecule has 1 saturated heterocycles. The number of rotatable bonds is 8. The van der Waals surface area contributed by atoms with E-state index in [0.29, 0.717) is 25.8 Å². The van der Waals surface area contributed by atoms with Crippen molar-refractivity contribution in [2.45, 2.75) is 56.3 Å². The molecule has 24 heavy (non-hydrogen) atoms. The van der Waals surface area contributed by atoms with Crippen molar-refractivity contribution in [3.63, 3.8) is 0 Å². The van der Waals surface area contributed by atoms with Gasteiger partial charge in [0, 0.05) is 13.0 Å². The van der Waals surface area contributed by atoms with Crippen molar-refractivity contribution in [3.8, 4) is 0 Å². The summed E-state index contributed by atoms with van der Waals surface area (Å²) in [6, 6.07) is 0. The summed E-state index contributed by atoms with van der Waals surface area (Å²) < 4.78 is 9.60. The molecule has 1 fully saturated rings. The smallest absolute Gasteiger partial charge is 0.406 e. The van der Waals surface area contributed by atoms with Crippen molar-refractivity contribution < 1.29 is 39.5 Å². The Kier molecular flexibility index (Phi) is 8.93. The first kappa shape index (κ1) is 20.6. The fraction of sp³-hybridized carbons (Fsp3) is 0.857. The van der Waals surface area contributed by atoms with Crippen LogP contribution in [0.2, 0.25) is 0 Å². The van der Waals surface area contributed by atoms with Crippen molar-refractivity contribution in [1.29, 1.82) is 0 Å². The van der Waals surface area contributed by atoms with Gasteiger partial charge in [-0.25, -0.2) is 4.79 Å². The molecule has 0 spiro atoms. The lowest BCUT2D eigenvalue weighted by Gasteiger charge is -2.40. The molecule has 10 nitrogen and oxygen atoms in total. The van der Waals surface area contributed by atoms with E-state index < -0.39 is 43.3 Å². The van der Waals surface area contributed by atoms with Gasteiger partial charge in [-0.15, -0.1) is 0 Å². The van der Waals surface area contributed by atoms with E-state index in [2.05, 4.69) is 15.4 Å². The Balaban J connectivity index is 2.25. The van der Waals surface area contributed by atoms with Gasteiger partial charge in [0.05, 0.1) is 13.7 Å². The number of aliphatic hydroxyl groups is 4. The first-order chi connectivity index (χ1) is 11.4. The van der Waals surface area contributed by atoms with Crippen LogP contribution < -0.4 is 10.6 Å². The van der Waals surface area contributed by atoms with Gasteiger partial charge in [-0.05, 0) is 12.8 Å². The lowest BCUT2D eigenvalue weighted by Crippen LogP contribution is -2.63. The number of alkyl carbamates (subject to hydrolysis) is 1. The molecule has 0 aromatic heterocycles. The van der Waals surface area contributed by atoms with Crippen LogP contribution in [0.1, 0.15) is 25.7 Å². The van der Waals surface area contributed by atoms with Gasteiger partial charge < -0.3 is 40.5 Å². The Hall–Kier alpha value is -1.46. The minimum Gasteiger partial charge on any atom is -0.453 e. The zero-order chi connectivity index (χ0) is 18.1. The average Bonchev–Trinajstić information content (AvgIpc) is 2.58. The van der Waals surface area contributed by atoms with E-state index in [1.54, 1.807) is 0 Å². The van der Waals surface area contributed by atoms with Crippen LogP contribution in [0.3, 0.4) is 0 Å². The highest BCUT2D eigenvalue weighted by molar-refractivity contribution is 5.76. The van der Waals surface area contributed by atoms with Crippen LogP contribution in [0.15, 0.2) is 0 Å². The van der Waals surface area contributed by atoms with Gasteiger partial charge >= 0.3 is 6.09 Å². The average molecular weight is 350 g/mol. The molecule has 1 aliphatic rings. The van der Waals surface area contributed by atoms with Crippen molar-refractivity contribution in [2.24, 2.45) is 0 Å². The van der Waals surface area contributed by atoms with Crippen LogP contribution in [0.25, 0.3) is 0 Å². The summed E-state index contributed by atoms with van der Waals surface area (Å²) >= 11 is 0. The zero-order valence-corrected chi connectivity index (χ0v) is 13.6. The van der Waals surface area contributed by atoms with Crippen LogP contribution >= 0.6 is 0 Å². The maximum Gasteiger partial charge on any atom is 0.406 e. The van der Waals surface area contributed by atoms with Crippen LogP contribution in [0.4, 0.5) is 4.79 Å². The van der Waals surface area contributed by atoms with Crippen LogP contribution in [0, 0.1) is 0 Å². The maximum atomic E-state index is 11.8. The molecule has 0 radical (unpaired) electrons. The first-order valence-corrected chi connectivity index (χ1v) is 7.82. The summed E-state index contributed by atoms with van der Waals surface area (Å²) in [5, 5.41) is 43.1. The molecule has 0 bridgehead atoms. The second-order valence-electron chi connectivity index (χ2n) is 5.55. The van der Waals surface area contributed by atoms with E-state index in [9.17, 15) is 24.9 Å². The highest BCUT2D eigenvalue weighted by Gasteiger charge is 2.43. The third kappa shape index (κ3) is 6.21. The van der Waals surface area contributed by atoms with E-state index in [1.165, 1.54) is 7.11 Å². The van der Waals surface area contributed by atoms with Crippen LogP contribution in [-0.4, -0.2) is 83.3 Å². The summed E-state index contributed by atoms with van der Waals surface area (Å²) in [5.74, 6) is -0.389. The van der Waals surface area contributed by atoms with E-state index in [4.69, 9.17) is 9.84 Å². The molecule has 6 N–H and O–H groups in total. The molecule has 1 rings (SSSR count). The molecule has 0 saturated carbocycles. The van der Waals surface area contributed by atoms with E-state index in [0.717, 1.165) is 0 Å². The summed E-state index contributed by atoms with van der Waals surface area (Å²) in [6.45, 7) is -0.106. The van der Waals surface area contributed by atoms with E-state index >= 15 is 0 Å². The van der Waals surface area contributed by atoms with E-state index in [1.807, 2.05) is 0 Å². The minimum atomic E-state index is -1.52. The van der Waals surface area contributed by atoms with Gasteiger partial charge in [0.1, 0.15) is 24.4 Å². The fourth-order valence-corrected chi connectivity index (χ4v) is 2.30. The number of carbonyl (C=O) groups is 2. The molecule has 5 atom stereocenters. The molecule has 10 heteroatoms. The Bertz CT molecular complexity index is 406. The normalized spacial score (nSPS) is 29.8. The number of aliphatic hydroxyl groups excluding tert-OH is 4. The summed E-state index contributed by atoms with van der Waals surface area (Å²) in [7, 11) is 1.28. The quantitative estimate of drug-likeness (QED) is 0.270. The maximum absolute atomic E-state index is 11.8. The lowest BCUT2D eigenvalue weighted by atomic mass is 9.98. The zero-order valence-electron chi connectivity index (χ0n) is 13.6. The fourth-order valence-electron chi connectivity index (χ4n) is 2.30. The number of ether oxygens (including phenoxy) is 2. The SMILES string of the molecule is COC(=O)NCCCCCC(=O)N[C@H]1O[C@@H](CO)[C@H](O)[C@@H](O)[C@@H]1O. The second kappa shape index (κ2) is 10.4. The molecular weight excluding hydrogens is 324 g/mol. The van der Waals surface area contributed by atoms with Gasteiger partial charge in [0.25, 0.3) is 0 Å². The number of methoxy groups -OCH3 is 1. The minimum absolute atomic E-state index is 0.174. The number of hydrogen-bond donors (Lipinski definition) is 6. The summed E-state index contributed by atoms with van der Waals surface area (Å²) in [6.07, 6.45) is -5.11. The Labute approximate surface area is 139 Å². The standard InChI is InChI=1S/C14H26N2O8/c1-23-14(22)15-6-4-2-3-5-9(18)16-13-12(21)11(20)10(19)8(7-17)24-13/h8,10-13,17,19-21H,2-7H2,1H3,(H,15,22)(H,16,18)/t8-,10-,11+,12-,13-/m0/s1. The molecule has 0 unspecified atom stereocenters. The Morgan fingerprint density at radius 3 is 2.42 bits per heavy atom. The van der Waals surface area contributed by atoms with Crippen molar-refractivity contribution >= 4 is 12.0 Å². The third-order valence-corrected chi connectivity index (χ3v) is 3.73. The predicted octanol–water partition coefficient (Wildman–Crippen LogP) is -2.18. The highest BCUT2D eigenvalue weighted by Crippen LogP contribution is 2.19. The molecule has 0 aromatic rings. The Morgan fingerprint density at radius 2 is 1.79 bits per heavy atom. The van der Waals surface area contributed by atoms with Gasteiger partial charge in [-0.2, -0.15) is 0 Å². The molecular formula is C14H26N2O8. The predicted molar refractivity (Wildman–Crippen MR) is 80.8 cm³/mol. The Morgan fingerprint density at radius 1 is 1.08 bits per heavy atom. The largest absolute Gasteiger partial charge is 0.453 e. The topological polar surface area (TPSA) is 158 Å². The van der Waals surface area contributed by atoms with Crippen LogP contribution in [0.5, 0.6) is 0 Å². The van der Waals surface area contributed by atoms with Gasteiger partial charge in [0.2, 0.25) is 5.91 Å². The molecule has 0 aromatic carbocycles. The summed E-state index contributed by atoms with van der Waals surface area (Å²) in [4.78, 5) is 22.6. The molecule has 2 amide bonds. The highest BCUT2D eigenvalue weighted by atomic mass is 16.6. The van der Waals surface area contributed by atoms with Gasteiger partial charge in [-0.3, -0.25) is 4.79 Å². The van der Waals surface area contributed by atoms with E-state index in [-0.39, 0.29) is 12.3 Å². The third-order valence-electron chi connectivity index (χ3n) is 3.73. The number of nitrogens with one attached hydrogen (secondary N) is 2. The number of amides is 2. The number of carbonyl (C=O) groups excluding carboxylic acids is 2. The lowest BCUT2D eigenvalue weighted by molar-refractivity contribution is -0.236. The van der Waals surface area contributed by atoms with Crippen LogP contribution in [-0.2, 0) is 14.3 Å². The molecule has 140 valence electrons. The second-order valence-corrected chi connectivity index (χ2v) is 5.55. The molecule has 1 heterocycles. The summed E-state index contributed by atoms with van der Waals surface area (Å²) in [5.41, 5.74) is 0. The van der Waals surface area contributed by atoms with Gasteiger partial charge in [0.15, 0.2) is 6.23 Å². The van der Waals surface area contributed by atoms with Crippen molar-refractivity contribution in [2.75, 3.05) is 20.3 Å². The number of unbranched alkanes of at least 4 members (excludes halogenated alkanes) is 2. The van der Waals surface area contributed by atoms with Gasteiger partial charge in [-0.1, -0.05) is 6.42 Å². The molecule has 0 aliphatic carbocycles. The van der Waals surface area contributed by atoms with Crippen molar-refractivity contribution in [1.82, 2.24) is 10.6 Å².